The number of ether oxygens (including phenoxy) is 1. The third kappa shape index (κ3) is 15.1. The number of hydrogen-bond donors (Lipinski definition) is 3. The number of carbonyl (C=O) groups is 1. The first-order valence-electron chi connectivity index (χ1n) is 12.4. The molecule has 0 radical (unpaired) electrons. The summed E-state index contributed by atoms with van der Waals surface area (Å²) in [6, 6.07) is 9.87. The number of benzene rings is 1. The Balaban J connectivity index is 2.38. The standard InChI is InChI=1S/C26H46N2O3/c1-2-3-4-5-6-7-8-9-13-18-25(31-22-23-15-11-10-12-16-23)20-26(30)28-24(21-29)17-14-19-27/h10-12,15-16,24-25,29H,2-9,13-14,17-22,27H2,1H3,(H,28,30). The lowest BCUT2D eigenvalue weighted by atomic mass is 10.0. The monoisotopic (exact) mass is 434 g/mol. The van der Waals surface area contributed by atoms with Crippen molar-refractivity contribution in [3.8, 4) is 0 Å². The zero-order chi connectivity index (χ0) is 22.6. The van der Waals surface area contributed by atoms with Crippen LogP contribution in [0.3, 0.4) is 0 Å². The topological polar surface area (TPSA) is 84.6 Å². The Labute approximate surface area is 190 Å². The number of aliphatic hydroxyl groups excluding tert-OH is 1. The van der Waals surface area contributed by atoms with E-state index in [4.69, 9.17) is 10.5 Å². The van der Waals surface area contributed by atoms with Crippen LogP contribution in [0.2, 0.25) is 0 Å². The van der Waals surface area contributed by atoms with Gasteiger partial charge in [0.25, 0.3) is 0 Å². The van der Waals surface area contributed by atoms with E-state index in [2.05, 4.69) is 12.2 Å². The fraction of sp³-hybridized carbons (Fsp3) is 0.731. The van der Waals surface area contributed by atoms with E-state index in [9.17, 15) is 9.90 Å². The maximum atomic E-state index is 12.5. The number of nitrogens with one attached hydrogen (secondary N) is 1. The van der Waals surface area contributed by atoms with Crippen molar-refractivity contribution >= 4 is 5.91 Å². The molecule has 2 atom stereocenters. The Morgan fingerprint density at radius 1 is 0.968 bits per heavy atom. The number of nitrogens with two attached hydrogens (primary N) is 1. The van der Waals surface area contributed by atoms with E-state index in [1.165, 1.54) is 51.4 Å². The van der Waals surface area contributed by atoms with E-state index in [0.29, 0.717) is 26.0 Å². The lowest BCUT2D eigenvalue weighted by molar-refractivity contribution is -0.125. The SMILES string of the molecule is CCCCCCCCCCCC(CC(=O)NC(CO)CCCN)OCc1ccccc1. The van der Waals surface area contributed by atoms with Gasteiger partial charge in [0.1, 0.15) is 0 Å². The molecule has 1 aromatic rings. The second kappa shape index (κ2) is 19.3. The third-order valence-corrected chi connectivity index (χ3v) is 5.71. The Bertz CT molecular complexity index is 539. The average Bonchev–Trinajstić information content (AvgIpc) is 2.79. The molecule has 5 heteroatoms. The molecule has 1 amide bonds. The molecule has 2 unspecified atom stereocenters. The maximum absolute atomic E-state index is 12.5. The minimum absolute atomic E-state index is 0.0509. The highest BCUT2D eigenvalue weighted by atomic mass is 16.5. The molecule has 4 N–H and O–H groups in total. The Hall–Kier alpha value is -1.43. The van der Waals surface area contributed by atoms with Gasteiger partial charge in [0.15, 0.2) is 0 Å². The molecule has 178 valence electrons. The van der Waals surface area contributed by atoms with Gasteiger partial charge < -0.3 is 20.9 Å². The van der Waals surface area contributed by atoms with Crippen molar-refractivity contribution in [1.29, 1.82) is 0 Å². The molecule has 0 saturated carbocycles. The second-order valence-electron chi connectivity index (χ2n) is 8.62. The van der Waals surface area contributed by atoms with Crippen LogP contribution in [-0.2, 0) is 16.1 Å². The molecule has 0 fully saturated rings. The van der Waals surface area contributed by atoms with Crippen molar-refractivity contribution in [2.24, 2.45) is 5.73 Å². The van der Waals surface area contributed by atoms with Gasteiger partial charge in [-0.05, 0) is 31.4 Å². The summed E-state index contributed by atoms with van der Waals surface area (Å²) < 4.78 is 6.12. The highest BCUT2D eigenvalue weighted by molar-refractivity contribution is 5.76. The van der Waals surface area contributed by atoms with Crippen LogP contribution >= 0.6 is 0 Å². The molecule has 31 heavy (non-hydrogen) atoms. The van der Waals surface area contributed by atoms with Gasteiger partial charge >= 0.3 is 0 Å². The van der Waals surface area contributed by atoms with Crippen molar-refractivity contribution in [3.05, 3.63) is 35.9 Å². The summed E-state index contributed by atoms with van der Waals surface area (Å²) >= 11 is 0. The molecule has 0 aliphatic rings. The van der Waals surface area contributed by atoms with E-state index in [0.717, 1.165) is 24.8 Å². The number of rotatable bonds is 20. The fourth-order valence-corrected chi connectivity index (χ4v) is 3.78. The molecular formula is C26H46N2O3. The first kappa shape index (κ1) is 27.6. The summed E-state index contributed by atoms with van der Waals surface area (Å²) in [5.41, 5.74) is 6.66. The van der Waals surface area contributed by atoms with E-state index >= 15 is 0 Å². The van der Waals surface area contributed by atoms with E-state index in [-0.39, 0.29) is 24.7 Å². The fourth-order valence-electron chi connectivity index (χ4n) is 3.78. The van der Waals surface area contributed by atoms with Crippen molar-refractivity contribution < 1.29 is 14.6 Å². The zero-order valence-corrected chi connectivity index (χ0v) is 19.7. The van der Waals surface area contributed by atoms with E-state index < -0.39 is 0 Å². The van der Waals surface area contributed by atoms with Gasteiger partial charge in [-0.1, -0.05) is 95.0 Å². The van der Waals surface area contributed by atoms with Crippen LogP contribution in [0.4, 0.5) is 0 Å². The van der Waals surface area contributed by atoms with Gasteiger partial charge in [-0.15, -0.1) is 0 Å². The van der Waals surface area contributed by atoms with Gasteiger partial charge in [-0.2, -0.15) is 0 Å². The average molecular weight is 435 g/mol. The second-order valence-corrected chi connectivity index (χ2v) is 8.62. The maximum Gasteiger partial charge on any atom is 0.222 e. The number of unbranched alkanes of at least 4 members (excludes halogenated alkanes) is 8. The van der Waals surface area contributed by atoms with Crippen LogP contribution in [0.25, 0.3) is 0 Å². The lowest BCUT2D eigenvalue weighted by Crippen LogP contribution is -2.39. The van der Waals surface area contributed by atoms with E-state index in [1.807, 2.05) is 30.3 Å². The lowest BCUT2D eigenvalue weighted by Gasteiger charge is -2.21. The van der Waals surface area contributed by atoms with Gasteiger partial charge in [-0.25, -0.2) is 0 Å². The number of aliphatic hydroxyl groups is 1. The third-order valence-electron chi connectivity index (χ3n) is 5.71. The first-order chi connectivity index (χ1) is 15.2. The molecule has 0 saturated heterocycles. The number of hydrogen-bond acceptors (Lipinski definition) is 4. The molecular weight excluding hydrogens is 388 g/mol. The van der Waals surface area contributed by atoms with Crippen LogP contribution < -0.4 is 11.1 Å². The summed E-state index contributed by atoms with van der Waals surface area (Å²) in [6.07, 6.45) is 14.2. The molecule has 0 aliphatic carbocycles. The molecule has 1 rings (SSSR count). The molecule has 5 nitrogen and oxygen atoms in total. The summed E-state index contributed by atoms with van der Waals surface area (Å²) in [4.78, 5) is 12.5. The first-order valence-corrected chi connectivity index (χ1v) is 12.4. The number of carbonyl (C=O) groups excluding carboxylic acids is 1. The minimum Gasteiger partial charge on any atom is -0.394 e. The van der Waals surface area contributed by atoms with Crippen molar-refractivity contribution in [2.45, 2.75) is 109 Å². The van der Waals surface area contributed by atoms with Crippen molar-refractivity contribution in [2.75, 3.05) is 13.2 Å². The Morgan fingerprint density at radius 2 is 1.61 bits per heavy atom. The smallest absolute Gasteiger partial charge is 0.222 e. The quantitative estimate of drug-likeness (QED) is 0.249. The molecule has 0 aromatic heterocycles. The molecule has 0 aliphatic heterocycles. The van der Waals surface area contributed by atoms with Crippen LogP contribution in [0.1, 0.15) is 96.0 Å². The van der Waals surface area contributed by atoms with Crippen LogP contribution in [0, 0.1) is 0 Å². The van der Waals surface area contributed by atoms with E-state index in [1.54, 1.807) is 0 Å². The largest absolute Gasteiger partial charge is 0.394 e. The highest BCUT2D eigenvalue weighted by Gasteiger charge is 2.17. The molecule has 0 heterocycles. The van der Waals surface area contributed by atoms with Gasteiger partial charge in [0.05, 0.1) is 31.8 Å². The molecule has 0 spiro atoms. The predicted octanol–water partition coefficient (Wildman–Crippen LogP) is 5.10. The van der Waals surface area contributed by atoms with Gasteiger partial charge in [0, 0.05) is 0 Å². The normalized spacial score (nSPS) is 13.1. The molecule has 1 aromatic carbocycles. The van der Waals surface area contributed by atoms with Gasteiger partial charge in [-0.3, -0.25) is 4.79 Å². The van der Waals surface area contributed by atoms with Crippen LogP contribution in [0.15, 0.2) is 30.3 Å². The predicted molar refractivity (Wildman–Crippen MR) is 129 cm³/mol. The minimum atomic E-state index is -0.224. The molecule has 0 bridgehead atoms. The van der Waals surface area contributed by atoms with Crippen LogP contribution in [-0.4, -0.2) is 36.3 Å². The summed E-state index contributed by atoms with van der Waals surface area (Å²) in [5.74, 6) is -0.0509. The van der Waals surface area contributed by atoms with Crippen molar-refractivity contribution in [1.82, 2.24) is 5.32 Å². The summed E-state index contributed by atoms with van der Waals surface area (Å²) in [6.45, 7) is 3.28. The van der Waals surface area contributed by atoms with Crippen molar-refractivity contribution in [3.63, 3.8) is 0 Å². The Kier molecular flexibility index (Phi) is 17.2. The highest BCUT2D eigenvalue weighted by Crippen LogP contribution is 2.16. The Morgan fingerprint density at radius 3 is 2.23 bits per heavy atom. The summed E-state index contributed by atoms with van der Waals surface area (Å²) in [7, 11) is 0. The zero-order valence-electron chi connectivity index (χ0n) is 19.7. The number of amides is 1. The summed E-state index contributed by atoms with van der Waals surface area (Å²) in [5, 5.41) is 12.4. The van der Waals surface area contributed by atoms with Gasteiger partial charge in [0.2, 0.25) is 5.91 Å². The van der Waals surface area contributed by atoms with Crippen LogP contribution in [0.5, 0.6) is 0 Å².